The molecule has 0 aliphatic rings. The number of carbonyl (C=O) groups is 1. The van der Waals surface area contributed by atoms with E-state index < -0.39 is 0 Å². The summed E-state index contributed by atoms with van der Waals surface area (Å²) in [5, 5.41) is 7.47. The number of hydrogen-bond acceptors (Lipinski definition) is 5. The first-order chi connectivity index (χ1) is 14.7. The van der Waals surface area contributed by atoms with E-state index >= 15 is 0 Å². The zero-order valence-corrected chi connectivity index (χ0v) is 16.7. The number of aromatic nitrogens is 2. The fourth-order valence-corrected chi connectivity index (χ4v) is 2.91. The van der Waals surface area contributed by atoms with Gasteiger partial charge in [-0.05, 0) is 48.5 Å². The van der Waals surface area contributed by atoms with Crippen molar-refractivity contribution in [1.82, 2.24) is 10.1 Å². The first-order valence-corrected chi connectivity index (χ1v) is 9.75. The van der Waals surface area contributed by atoms with Gasteiger partial charge in [-0.25, -0.2) is 0 Å². The van der Waals surface area contributed by atoms with E-state index in [0.29, 0.717) is 40.3 Å². The van der Waals surface area contributed by atoms with Crippen LogP contribution in [0.4, 0.5) is 5.69 Å². The second-order valence-corrected chi connectivity index (χ2v) is 6.91. The lowest BCUT2D eigenvalue weighted by Gasteiger charge is -2.11. The van der Waals surface area contributed by atoms with Crippen molar-refractivity contribution in [3.63, 3.8) is 0 Å². The highest BCUT2D eigenvalue weighted by atomic mass is 35.5. The Balaban J connectivity index is 1.36. The summed E-state index contributed by atoms with van der Waals surface area (Å²) in [4.78, 5) is 16.8. The van der Waals surface area contributed by atoms with Crippen molar-refractivity contribution >= 4 is 23.2 Å². The van der Waals surface area contributed by atoms with Crippen molar-refractivity contribution in [2.24, 2.45) is 0 Å². The van der Waals surface area contributed by atoms with Gasteiger partial charge in [0.1, 0.15) is 5.75 Å². The predicted octanol–water partition coefficient (Wildman–Crippen LogP) is 5.75. The first-order valence-electron chi connectivity index (χ1n) is 9.38. The highest BCUT2D eigenvalue weighted by molar-refractivity contribution is 6.30. The van der Waals surface area contributed by atoms with Gasteiger partial charge in [-0.3, -0.25) is 4.79 Å². The maximum atomic E-state index is 12.4. The Morgan fingerprint density at radius 1 is 0.967 bits per heavy atom. The Hall–Kier alpha value is -3.64. The Kier molecular flexibility index (Phi) is 6.06. The molecule has 0 atom stereocenters. The molecule has 0 radical (unpaired) electrons. The molecule has 6 nitrogen and oxygen atoms in total. The van der Waals surface area contributed by atoms with Gasteiger partial charge in [0.2, 0.25) is 17.6 Å². The summed E-state index contributed by atoms with van der Waals surface area (Å²) >= 11 is 5.89. The number of aryl methyl sites for hydroxylation is 1. The molecule has 0 saturated heterocycles. The van der Waals surface area contributed by atoms with Crippen LogP contribution in [-0.2, 0) is 11.2 Å². The van der Waals surface area contributed by atoms with Crippen molar-refractivity contribution in [2.45, 2.75) is 12.8 Å². The van der Waals surface area contributed by atoms with Gasteiger partial charge in [-0.15, -0.1) is 0 Å². The van der Waals surface area contributed by atoms with E-state index in [4.69, 9.17) is 20.9 Å². The molecule has 0 unspecified atom stereocenters. The summed E-state index contributed by atoms with van der Waals surface area (Å²) in [6.45, 7) is 0. The number of ether oxygens (including phenoxy) is 1. The third-order valence-electron chi connectivity index (χ3n) is 4.27. The molecule has 1 N–H and O–H groups in total. The molecule has 1 aromatic heterocycles. The first kappa shape index (κ1) is 19.7. The second-order valence-electron chi connectivity index (χ2n) is 6.48. The second kappa shape index (κ2) is 9.24. The third-order valence-corrected chi connectivity index (χ3v) is 4.52. The third kappa shape index (κ3) is 5.04. The Morgan fingerprint density at radius 3 is 2.50 bits per heavy atom. The fourth-order valence-electron chi connectivity index (χ4n) is 2.78. The minimum atomic E-state index is -0.176. The van der Waals surface area contributed by atoms with E-state index in [2.05, 4.69) is 15.5 Å². The fraction of sp³-hybridized carbons (Fsp3) is 0.0870. The van der Waals surface area contributed by atoms with Crippen LogP contribution in [0.1, 0.15) is 12.3 Å². The van der Waals surface area contributed by atoms with Crippen molar-refractivity contribution in [2.75, 3.05) is 5.32 Å². The molecule has 150 valence electrons. The van der Waals surface area contributed by atoms with E-state index in [1.807, 2.05) is 54.6 Å². The topological polar surface area (TPSA) is 77.2 Å². The van der Waals surface area contributed by atoms with Crippen LogP contribution in [0.3, 0.4) is 0 Å². The van der Waals surface area contributed by atoms with Crippen LogP contribution in [0.2, 0.25) is 5.02 Å². The summed E-state index contributed by atoms with van der Waals surface area (Å²) in [6.07, 6.45) is 0.524. The number of nitrogens with one attached hydrogen (secondary N) is 1. The number of para-hydroxylation sites is 3. The van der Waals surface area contributed by atoms with Gasteiger partial charge in [0.15, 0.2) is 5.75 Å². The molecule has 0 saturated carbocycles. The van der Waals surface area contributed by atoms with Crippen molar-refractivity contribution in [3.8, 4) is 22.9 Å². The maximum absolute atomic E-state index is 12.4. The maximum Gasteiger partial charge on any atom is 0.227 e. The van der Waals surface area contributed by atoms with Crippen LogP contribution in [0.25, 0.3) is 11.4 Å². The molecule has 4 aromatic rings. The molecule has 0 aliphatic carbocycles. The molecular weight excluding hydrogens is 402 g/mol. The van der Waals surface area contributed by atoms with Gasteiger partial charge < -0.3 is 14.6 Å². The highest BCUT2D eigenvalue weighted by Gasteiger charge is 2.13. The number of carbonyl (C=O) groups excluding carboxylic acids is 1. The van der Waals surface area contributed by atoms with Crippen LogP contribution in [-0.4, -0.2) is 16.0 Å². The Labute approximate surface area is 178 Å². The molecule has 0 spiro atoms. The Bertz CT molecular complexity index is 1130. The summed E-state index contributed by atoms with van der Waals surface area (Å²) in [5.74, 6) is 1.94. The average molecular weight is 420 g/mol. The average Bonchev–Trinajstić information content (AvgIpc) is 3.24. The van der Waals surface area contributed by atoms with Crippen LogP contribution < -0.4 is 10.1 Å². The summed E-state index contributed by atoms with van der Waals surface area (Å²) in [6, 6.07) is 23.8. The highest BCUT2D eigenvalue weighted by Crippen LogP contribution is 2.29. The smallest absolute Gasteiger partial charge is 0.227 e. The minimum Gasteiger partial charge on any atom is -0.455 e. The van der Waals surface area contributed by atoms with E-state index in [1.165, 1.54) is 0 Å². The molecule has 4 rings (SSSR count). The van der Waals surface area contributed by atoms with Gasteiger partial charge in [0.25, 0.3) is 0 Å². The quantitative estimate of drug-likeness (QED) is 0.412. The van der Waals surface area contributed by atoms with Gasteiger partial charge in [-0.1, -0.05) is 47.1 Å². The lowest BCUT2D eigenvalue weighted by molar-refractivity contribution is -0.116. The van der Waals surface area contributed by atoms with Crippen LogP contribution in [0.5, 0.6) is 11.5 Å². The van der Waals surface area contributed by atoms with Crippen molar-refractivity contribution < 1.29 is 14.1 Å². The van der Waals surface area contributed by atoms with Crippen LogP contribution in [0.15, 0.2) is 83.4 Å². The summed E-state index contributed by atoms with van der Waals surface area (Å²) in [5.41, 5.74) is 1.39. The lowest BCUT2D eigenvalue weighted by Crippen LogP contribution is -2.13. The molecule has 1 amide bonds. The molecule has 0 fully saturated rings. The number of nitrogens with zero attached hydrogens (tertiary/aromatic N) is 2. The largest absolute Gasteiger partial charge is 0.455 e. The monoisotopic (exact) mass is 419 g/mol. The lowest BCUT2D eigenvalue weighted by atomic mass is 10.2. The SMILES string of the molecule is O=C(CCc1nc(-c2ccc(Cl)cc2)no1)Nc1ccccc1Oc1ccccc1. The van der Waals surface area contributed by atoms with Gasteiger partial charge >= 0.3 is 0 Å². The minimum absolute atomic E-state index is 0.176. The number of benzene rings is 3. The van der Waals surface area contributed by atoms with E-state index in [1.54, 1.807) is 24.3 Å². The number of amides is 1. The number of hydrogen-bond donors (Lipinski definition) is 1. The normalized spacial score (nSPS) is 10.6. The van der Waals surface area contributed by atoms with Crippen LogP contribution >= 0.6 is 11.6 Å². The Morgan fingerprint density at radius 2 is 1.70 bits per heavy atom. The standard InChI is InChI=1S/C23H18ClN3O3/c24-17-12-10-16(11-13-17)23-26-22(30-27-23)15-14-21(28)25-19-8-4-5-9-20(19)29-18-6-2-1-3-7-18/h1-13H,14-15H2,(H,25,28). The predicted molar refractivity (Wildman–Crippen MR) is 115 cm³/mol. The molecule has 7 heteroatoms. The van der Waals surface area contributed by atoms with Crippen molar-refractivity contribution in [3.05, 3.63) is 89.8 Å². The molecule has 0 bridgehead atoms. The summed E-state index contributed by atoms with van der Waals surface area (Å²) in [7, 11) is 0. The zero-order valence-electron chi connectivity index (χ0n) is 15.9. The molecule has 3 aromatic carbocycles. The zero-order chi connectivity index (χ0) is 20.8. The molecular formula is C23H18ClN3O3. The molecule has 1 heterocycles. The van der Waals surface area contributed by atoms with E-state index in [0.717, 1.165) is 5.56 Å². The van der Waals surface area contributed by atoms with E-state index in [-0.39, 0.29) is 12.3 Å². The summed E-state index contributed by atoms with van der Waals surface area (Å²) < 4.78 is 11.1. The number of halogens is 1. The van der Waals surface area contributed by atoms with Crippen LogP contribution in [0, 0.1) is 0 Å². The van der Waals surface area contributed by atoms with E-state index in [9.17, 15) is 4.79 Å². The number of rotatable bonds is 7. The van der Waals surface area contributed by atoms with Gasteiger partial charge in [-0.2, -0.15) is 4.98 Å². The van der Waals surface area contributed by atoms with Crippen molar-refractivity contribution in [1.29, 1.82) is 0 Å². The number of anilines is 1. The van der Waals surface area contributed by atoms with Gasteiger partial charge in [0, 0.05) is 23.4 Å². The molecule has 30 heavy (non-hydrogen) atoms. The van der Waals surface area contributed by atoms with Gasteiger partial charge in [0.05, 0.1) is 5.69 Å². The molecule has 0 aliphatic heterocycles.